The number of rotatable bonds is 6. The van der Waals surface area contributed by atoms with Crippen LogP contribution in [-0.2, 0) is 4.79 Å². The van der Waals surface area contributed by atoms with E-state index in [-0.39, 0.29) is 12.8 Å². The average molecular weight is 289 g/mol. The van der Waals surface area contributed by atoms with Gasteiger partial charge in [-0.2, -0.15) is 13.2 Å². The molecular weight excluding hydrogens is 271 g/mol. The average Bonchev–Trinajstić information content (AvgIpc) is 2.30. The number of carbonyl (C=O) groups is 1. The number of hydrogen-bond donors (Lipinski definition) is 2. The maximum absolute atomic E-state index is 12.1. The summed E-state index contributed by atoms with van der Waals surface area (Å²) in [6, 6.07) is 7.03. The lowest BCUT2D eigenvalue weighted by molar-refractivity contribution is -0.145. The van der Waals surface area contributed by atoms with Crippen LogP contribution in [-0.4, -0.2) is 22.8 Å². The Morgan fingerprint density at radius 2 is 1.75 bits per heavy atom. The maximum Gasteiger partial charge on any atom is 0.389 e. The highest BCUT2D eigenvalue weighted by molar-refractivity contribution is 5.82. The first-order chi connectivity index (χ1) is 9.12. The van der Waals surface area contributed by atoms with E-state index in [1.54, 1.807) is 24.3 Å². The molecule has 2 N–H and O–H groups in total. The molecule has 1 aromatic rings. The molecular formula is C14H18F3NO2. The highest BCUT2D eigenvalue weighted by atomic mass is 19.4. The van der Waals surface area contributed by atoms with E-state index in [1.165, 1.54) is 6.92 Å². The molecule has 0 saturated heterocycles. The Labute approximate surface area is 115 Å². The number of aryl methyl sites for hydroxylation is 1. The van der Waals surface area contributed by atoms with Crippen LogP contribution in [0.2, 0.25) is 0 Å². The lowest BCUT2D eigenvalue weighted by Crippen LogP contribution is -2.43. The zero-order chi connectivity index (χ0) is 15.4. The Kier molecular flexibility index (Phi) is 5.03. The molecule has 0 saturated carbocycles. The standard InChI is InChI=1S/C14H18F3NO2/c1-10-4-6-11(7-5-10)18-13(2,12(19)20)8-3-9-14(15,16)17/h4-7,18H,3,8-9H2,1-2H3,(H,19,20). The van der Waals surface area contributed by atoms with Crippen molar-refractivity contribution >= 4 is 11.7 Å². The van der Waals surface area contributed by atoms with Gasteiger partial charge in [0.1, 0.15) is 5.54 Å². The summed E-state index contributed by atoms with van der Waals surface area (Å²) in [5, 5.41) is 12.0. The Morgan fingerprint density at radius 1 is 1.20 bits per heavy atom. The zero-order valence-electron chi connectivity index (χ0n) is 11.4. The van der Waals surface area contributed by atoms with Gasteiger partial charge in [-0.25, -0.2) is 4.79 Å². The fraction of sp³-hybridized carbons (Fsp3) is 0.500. The van der Waals surface area contributed by atoms with Crippen molar-refractivity contribution in [2.45, 2.75) is 44.8 Å². The van der Waals surface area contributed by atoms with Crippen molar-refractivity contribution in [1.82, 2.24) is 0 Å². The highest BCUT2D eigenvalue weighted by Gasteiger charge is 2.35. The van der Waals surface area contributed by atoms with Crippen molar-refractivity contribution in [2.75, 3.05) is 5.32 Å². The van der Waals surface area contributed by atoms with Crippen LogP contribution in [0, 0.1) is 6.92 Å². The van der Waals surface area contributed by atoms with Gasteiger partial charge in [0.15, 0.2) is 0 Å². The van der Waals surface area contributed by atoms with Crippen LogP contribution in [0.25, 0.3) is 0 Å². The van der Waals surface area contributed by atoms with Gasteiger partial charge in [-0.3, -0.25) is 0 Å². The van der Waals surface area contributed by atoms with Gasteiger partial charge in [0, 0.05) is 12.1 Å². The van der Waals surface area contributed by atoms with Crippen LogP contribution >= 0.6 is 0 Å². The molecule has 3 nitrogen and oxygen atoms in total. The van der Waals surface area contributed by atoms with E-state index in [1.807, 2.05) is 6.92 Å². The highest BCUT2D eigenvalue weighted by Crippen LogP contribution is 2.27. The van der Waals surface area contributed by atoms with Gasteiger partial charge in [-0.1, -0.05) is 17.7 Å². The molecule has 1 aromatic carbocycles. The Bertz CT molecular complexity index is 456. The Morgan fingerprint density at radius 3 is 2.20 bits per heavy atom. The number of anilines is 1. The maximum atomic E-state index is 12.1. The van der Waals surface area contributed by atoms with E-state index in [0.717, 1.165) is 5.56 Å². The first-order valence-corrected chi connectivity index (χ1v) is 6.27. The summed E-state index contributed by atoms with van der Waals surface area (Å²) in [6.45, 7) is 3.29. The molecule has 0 aliphatic carbocycles. The Hall–Kier alpha value is -1.72. The number of hydrogen-bond acceptors (Lipinski definition) is 2. The van der Waals surface area contributed by atoms with Crippen LogP contribution in [0.3, 0.4) is 0 Å². The lowest BCUT2D eigenvalue weighted by Gasteiger charge is -2.27. The van der Waals surface area contributed by atoms with Gasteiger partial charge in [0.05, 0.1) is 0 Å². The zero-order valence-corrected chi connectivity index (χ0v) is 11.4. The predicted octanol–water partition coefficient (Wildman–Crippen LogP) is 3.98. The van der Waals surface area contributed by atoms with Crippen LogP contribution in [0.15, 0.2) is 24.3 Å². The smallest absolute Gasteiger partial charge is 0.389 e. The summed E-state index contributed by atoms with van der Waals surface area (Å²) in [6.07, 6.45) is -5.57. The van der Waals surface area contributed by atoms with Crippen LogP contribution in [0.1, 0.15) is 31.7 Å². The van der Waals surface area contributed by atoms with Crippen LogP contribution in [0.5, 0.6) is 0 Å². The van der Waals surface area contributed by atoms with Crippen molar-refractivity contribution < 1.29 is 23.1 Å². The van der Waals surface area contributed by atoms with Crippen molar-refractivity contribution in [3.05, 3.63) is 29.8 Å². The topological polar surface area (TPSA) is 49.3 Å². The van der Waals surface area contributed by atoms with Crippen molar-refractivity contribution in [1.29, 1.82) is 0 Å². The summed E-state index contributed by atoms with van der Waals surface area (Å²) in [5.74, 6) is -1.17. The van der Waals surface area contributed by atoms with Crippen LogP contribution < -0.4 is 5.32 Å². The first-order valence-electron chi connectivity index (χ1n) is 6.27. The number of nitrogens with one attached hydrogen (secondary N) is 1. The summed E-state index contributed by atoms with van der Waals surface area (Å²) in [4.78, 5) is 11.3. The number of carboxylic acids is 1. The van der Waals surface area contributed by atoms with Crippen molar-refractivity contribution in [2.24, 2.45) is 0 Å². The fourth-order valence-electron chi connectivity index (χ4n) is 1.82. The minimum atomic E-state index is -4.26. The molecule has 0 aromatic heterocycles. The molecule has 1 rings (SSSR count). The molecule has 1 unspecified atom stereocenters. The van der Waals surface area contributed by atoms with Gasteiger partial charge in [-0.15, -0.1) is 0 Å². The van der Waals surface area contributed by atoms with E-state index in [4.69, 9.17) is 0 Å². The second-order valence-electron chi connectivity index (χ2n) is 5.10. The molecule has 112 valence electrons. The third-order valence-electron chi connectivity index (χ3n) is 3.08. The summed E-state index contributed by atoms with van der Waals surface area (Å²) >= 11 is 0. The van der Waals surface area contributed by atoms with Gasteiger partial charge < -0.3 is 10.4 Å². The molecule has 0 fully saturated rings. The minimum absolute atomic E-state index is 0.101. The molecule has 0 bridgehead atoms. The van der Waals surface area contributed by atoms with E-state index in [9.17, 15) is 23.1 Å². The quantitative estimate of drug-likeness (QED) is 0.832. The molecule has 20 heavy (non-hydrogen) atoms. The van der Waals surface area contributed by atoms with Gasteiger partial charge in [0.2, 0.25) is 0 Å². The first kappa shape index (κ1) is 16.3. The van der Waals surface area contributed by atoms with Gasteiger partial charge in [0.25, 0.3) is 0 Å². The molecule has 0 amide bonds. The van der Waals surface area contributed by atoms with Crippen molar-refractivity contribution in [3.8, 4) is 0 Å². The number of benzene rings is 1. The summed E-state index contributed by atoms with van der Waals surface area (Å²) in [7, 11) is 0. The predicted molar refractivity (Wildman–Crippen MR) is 70.7 cm³/mol. The molecule has 0 heterocycles. The minimum Gasteiger partial charge on any atom is -0.480 e. The molecule has 6 heteroatoms. The number of halogens is 3. The second-order valence-corrected chi connectivity index (χ2v) is 5.10. The van der Waals surface area contributed by atoms with Gasteiger partial charge >= 0.3 is 12.1 Å². The number of aliphatic carboxylic acids is 1. The summed E-state index contributed by atoms with van der Waals surface area (Å²) in [5.41, 5.74) is 0.178. The molecule has 0 aliphatic heterocycles. The molecule has 0 spiro atoms. The van der Waals surface area contributed by atoms with E-state index in [0.29, 0.717) is 5.69 Å². The fourth-order valence-corrected chi connectivity index (χ4v) is 1.82. The van der Waals surface area contributed by atoms with E-state index < -0.39 is 24.1 Å². The molecule has 1 atom stereocenters. The number of alkyl halides is 3. The second kappa shape index (κ2) is 6.15. The largest absolute Gasteiger partial charge is 0.480 e. The lowest BCUT2D eigenvalue weighted by atomic mass is 9.94. The SMILES string of the molecule is Cc1ccc(NC(C)(CCCC(F)(F)F)C(=O)O)cc1. The van der Waals surface area contributed by atoms with Crippen LogP contribution in [0.4, 0.5) is 18.9 Å². The summed E-state index contributed by atoms with van der Waals surface area (Å²) < 4.78 is 36.4. The third-order valence-corrected chi connectivity index (χ3v) is 3.08. The third kappa shape index (κ3) is 5.11. The Balaban J connectivity index is 2.71. The van der Waals surface area contributed by atoms with Gasteiger partial charge in [-0.05, 0) is 38.8 Å². The normalized spacial score (nSPS) is 14.7. The number of carboxylic acid groups (broad SMARTS) is 1. The van der Waals surface area contributed by atoms with E-state index in [2.05, 4.69) is 5.32 Å². The monoisotopic (exact) mass is 289 g/mol. The molecule has 0 radical (unpaired) electrons. The molecule has 0 aliphatic rings. The van der Waals surface area contributed by atoms with Crippen molar-refractivity contribution in [3.63, 3.8) is 0 Å². The van der Waals surface area contributed by atoms with E-state index >= 15 is 0 Å².